The molecule has 5 aromatic carbocycles. The smallest absolute Gasteiger partial charge is 0.0460 e. The summed E-state index contributed by atoms with van der Waals surface area (Å²) in [5, 5.41) is 3.96. The Hall–Kier alpha value is -4.10. The minimum absolute atomic E-state index is 1.17. The molecular formula is C30H19N. The number of fused-ring (bicyclic) bond motifs is 4. The number of nitrogens with one attached hydrogen (secondary N) is 1. The number of hydrogen-bond acceptors (Lipinski definition) is 0. The second kappa shape index (κ2) is 6.20. The summed E-state index contributed by atoms with van der Waals surface area (Å²) in [6.07, 6.45) is 2.12. The summed E-state index contributed by atoms with van der Waals surface area (Å²) in [6, 6.07) is 37.5. The lowest BCUT2D eigenvalue weighted by Gasteiger charge is -2.11. The van der Waals surface area contributed by atoms with Crippen molar-refractivity contribution in [3.63, 3.8) is 0 Å². The van der Waals surface area contributed by atoms with Gasteiger partial charge < -0.3 is 4.98 Å². The number of H-pyrrole nitrogens is 1. The molecule has 1 heteroatoms. The van der Waals surface area contributed by atoms with Crippen molar-refractivity contribution in [2.24, 2.45) is 0 Å². The Morgan fingerprint density at radius 2 is 1.03 bits per heavy atom. The van der Waals surface area contributed by atoms with Crippen LogP contribution in [0.2, 0.25) is 0 Å². The Kier molecular flexibility index (Phi) is 3.33. The molecule has 0 fully saturated rings. The van der Waals surface area contributed by atoms with E-state index >= 15 is 0 Å². The second-order valence-electron chi connectivity index (χ2n) is 8.26. The van der Waals surface area contributed by atoms with Gasteiger partial charge in [-0.05, 0) is 61.8 Å². The fraction of sp³-hybridized carbons (Fsp3) is 0. The topological polar surface area (TPSA) is 15.8 Å². The predicted octanol–water partition coefficient (Wildman–Crippen LogP) is 8.30. The summed E-state index contributed by atoms with van der Waals surface area (Å²) < 4.78 is 0. The van der Waals surface area contributed by atoms with Crippen LogP contribution in [0.25, 0.3) is 66.2 Å². The molecule has 0 bridgehead atoms. The number of para-hydroxylation sites is 1. The molecule has 144 valence electrons. The zero-order chi connectivity index (χ0) is 20.4. The molecule has 0 atom stereocenters. The number of aromatic amines is 1. The van der Waals surface area contributed by atoms with Gasteiger partial charge >= 0.3 is 0 Å². The molecule has 0 radical (unpaired) electrons. The summed E-state index contributed by atoms with van der Waals surface area (Å²) in [5.74, 6) is 0. The third-order valence-corrected chi connectivity index (χ3v) is 6.62. The Bertz CT molecular complexity index is 1600. The van der Waals surface area contributed by atoms with Crippen molar-refractivity contribution in [2.45, 2.75) is 0 Å². The van der Waals surface area contributed by atoms with Crippen LogP contribution in [-0.2, 0) is 0 Å². The number of hydrogen-bond donors (Lipinski definition) is 1. The average molecular weight is 393 g/mol. The maximum absolute atomic E-state index is 3.41. The zero-order valence-electron chi connectivity index (χ0n) is 16.9. The highest BCUT2D eigenvalue weighted by Crippen LogP contribution is 2.49. The molecule has 0 saturated heterocycles. The fourth-order valence-corrected chi connectivity index (χ4v) is 5.22. The monoisotopic (exact) mass is 393 g/mol. The molecule has 0 saturated carbocycles. The van der Waals surface area contributed by atoms with E-state index in [1.54, 1.807) is 0 Å². The summed E-state index contributed by atoms with van der Waals surface area (Å²) in [5.41, 5.74) is 11.6. The highest BCUT2D eigenvalue weighted by Gasteiger charge is 2.22. The summed E-state index contributed by atoms with van der Waals surface area (Å²) in [4.78, 5) is 3.41. The van der Waals surface area contributed by atoms with Gasteiger partial charge in [0.25, 0.3) is 0 Å². The summed E-state index contributed by atoms with van der Waals surface area (Å²) in [6.45, 7) is 0. The second-order valence-corrected chi connectivity index (χ2v) is 8.26. The molecular weight excluding hydrogens is 374 g/mol. The van der Waals surface area contributed by atoms with Crippen LogP contribution in [0.3, 0.4) is 0 Å². The molecule has 1 aliphatic rings. The predicted molar refractivity (Wildman–Crippen MR) is 131 cm³/mol. The zero-order valence-corrected chi connectivity index (χ0v) is 16.9. The summed E-state index contributed by atoms with van der Waals surface area (Å²) in [7, 11) is 0. The Balaban J connectivity index is 1.45. The molecule has 1 aromatic heterocycles. The third-order valence-electron chi connectivity index (χ3n) is 6.62. The van der Waals surface area contributed by atoms with E-state index in [4.69, 9.17) is 0 Å². The first-order valence-electron chi connectivity index (χ1n) is 10.7. The van der Waals surface area contributed by atoms with Gasteiger partial charge in [-0.2, -0.15) is 0 Å². The molecule has 1 heterocycles. The van der Waals surface area contributed by atoms with Crippen molar-refractivity contribution >= 4 is 21.7 Å². The molecule has 1 nitrogen and oxygen atoms in total. The van der Waals surface area contributed by atoms with Crippen LogP contribution in [-0.4, -0.2) is 4.98 Å². The third kappa shape index (κ3) is 2.32. The lowest BCUT2D eigenvalue weighted by Crippen LogP contribution is -1.85. The molecule has 1 N–H and O–H groups in total. The van der Waals surface area contributed by atoms with Crippen molar-refractivity contribution in [3.8, 4) is 44.5 Å². The standard InChI is InChI=1S/C30H19N/c1-2-10-23-22(9-1)26-13-6-12-25-21(15-16-27(23)30(25)26)19-7-5-8-20(17-19)28-18-31-29-14-4-3-11-24(28)29/h1-18,31H. The molecule has 0 amide bonds. The lowest BCUT2D eigenvalue weighted by atomic mass is 9.92. The van der Waals surface area contributed by atoms with Crippen molar-refractivity contribution in [3.05, 3.63) is 109 Å². The first-order chi connectivity index (χ1) is 15.4. The van der Waals surface area contributed by atoms with Crippen molar-refractivity contribution in [1.29, 1.82) is 0 Å². The molecule has 6 aromatic rings. The van der Waals surface area contributed by atoms with Crippen LogP contribution >= 0.6 is 0 Å². The van der Waals surface area contributed by atoms with Crippen LogP contribution in [0, 0.1) is 0 Å². The molecule has 1 aliphatic carbocycles. The first-order valence-corrected chi connectivity index (χ1v) is 10.7. The first kappa shape index (κ1) is 16.7. The van der Waals surface area contributed by atoms with E-state index in [-0.39, 0.29) is 0 Å². The van der Waals surface area contributed by atoms with Gasteiger partial charge in [0.2, 0.25) is 0 Å². The Morgan fingerprint density at radius 1 is 0.419 bits per heavy atom. The van der Waals surface area contributed by atoms with Crippen molar-refractivity contribution < 1.29 is 0 Å². The van der Waals surface area contributed by atoms with Crippen LogP contribution in [0.5, 0.6) is 0 Å². The molecule has 0 spiro atoms. The van der Waals surface area contributed by atoms with Crippen LogP contribution in [0.1, 0.15) is 0 Å². The summed E-state index contributed by atoms with van der Waals surface area (Å²) >= 11 is 0. The number of benzene rings is 5. The van der Waals surface area contributed by atoms with Gasteiger partial charge in [0.1, 0.15) is 0 Å². The van der Waals surface area contributed by atoms with E-state index in [2.05, 4.69) is 114 Å². The normalized spacial score (nSPS) is 11.9. The van der Waals surface area contributed by atoms with Gasteiger partial charge in [-0.15, -0.1) is 0 Å². The van der Waals surface area contributed by atoms with Gasteiger partial charge in [-0.3, -0.25) is 0 Å². The van der Waals surface area contributed by atoms with Crippen LogP contribution < -0.4 is 0 Å². The maximum atomic E-state index is 3.41. The van der Waals surface area contributed by atoms with Gasteiger partial charge in [-0.25, -0.2) is 0 Å². The van der Waals surface area contributed by atoms with Gasteiger partial charge in [0.15, 0.2) is 0 Å². The highest BCUT2D eigenvalue weighted by molar-refractivity contribution is 6.18. The highest BCUT2D eigenvalue weighted by atomic mass is 14.7. The van der Waals surface area contributed by atoms with Crippen molar-refractivity contribution in [1.82, 2.24) is 4.98 Å². The van der Waals surface area contributed by atoms with Gasteiger partial charge in [0, 0.05) is 22.7 Å². The fourth-order valence-electron chi connectivity index (χ4n) is 5.22. The van der Waals surface area contributed by atoms with E-state index in [9.17, 15) is 0 Å². The Labute approximate surface area is 180 Å². The van der Waals surface area contributed by atoms with E-state index in [0.717, 1.165) is 0 Å². The lowest BCUT2D eigenvalue weighted by molar-refractivity contribution is 1.47. The van der Waals surface area contributed by atoms with Gasteiger partial charge in [-0.1, -0.05) is 91.0 Å². The van der Waals surface area contributed by atoms with Gasteiger partial charge in [0.05, 0.1) is 0 Å². The quantitative estimate of drug-likeness (QED) is 0.304. The van der Waals surface area contributed by atoms with E-state index in [1.807, 2.05) is 0 Å². The molecule has 7 rings (SSSR count). The molecule has 31 heavy (non-hydrogen) atoms. The Morgan fingerprint density at radius 3 is 1.90 bits per heavy atom. The van der Waals surface area contributed by atoms with E-state index in [0.29, 0.717) is 0 Å². The number of aromatic nitrogens is 1. The minimum Gasteiger partial charge on any atom is -0.361 e. The van der Waals surface area contributed by atoms with Crippen LogP contribution in [0.15, 0.2) is 109 Å². The van der Waals surface area contributed by atoms with Crippen LogP contribution in [0.4, 0.5) is 0 Å². The SMILES string of the molecule is c1cc(-c2c[nH]c3ccccc23)cc(-c2ccc3c4c(cccc24)-c2ccccc2-3)c1. The van der Waals surface area contributed by atoms with Crippen molar-refractivity contribution in [2.75, 3.05) is 0 Å². The van der Waals surface area contributed by atoms with E-state index < -0.39 is 0 Å². The maximum Gasteiger partial charge on any atom is 0.0460 e. The number of rotatable bonds is 2. The van der Waals surface area contributed by atoms with E-state index in [1.165, 1.54) is 66.2 Å². The average Bonchev–Trinajstić information content (AvgIpc) is 3.41. The molecule has 0 unspecified atom stereocenters. The largest absolute Gasteiger partial charge is 0.361 e. The molecule has 0 aliphatic heterocycles. The minimum atomic E-state index is 1.17.